The number of methoxy groups -OCH3 is 4. The van der Waals surface area contributed by atoms with Crippen molar-refractivity contribution in [2.45, 2.75) is 31.3 Å². The maximum absolute atomic E-state index is 11.8. The number of carbonyl (C=O) groups is 3. The van der Waals surface area contributed by atoms with Gasteiger partial charge >= 0.3 is 6.09 Å². The number of nitrogens with one attached hydrogen (secondary N) is 2. The van der Waals surface area contributed by atoms with Crippen LogP contribution in [-0.2, 0) is 46.1 Å². The minimum Gasteiger partial charge on any atom is -0.449 e. The average molecular weight is 791 g/mol. The van der Waals surface area contributed by atoms with Gasteiger partial charge in [0.2, 0.25) is 11.1 Å². The van der Waals surface area contributed by atoms with Gasteiger partial charge in [-0.05, 0) is 64.4 Å². The molecule has 0 aromatic heterocycles. The van der Waals surface area contributed by atoms with Crippen molar-refractivity contribution in [2.75, 3.05) is 74.3 Å². The third-order valence-electron chi connectivity index (χ3n) is 8.92. The average Bonchev–Trinajstić information content (AvgIpc) is 3.56. The highest BCUT2D eigenvalue weighted by Gasteiger charge is 2.29. The van der Waals surface area contributed by atoms with Crippen LogP contribution in [0.2, 0.25) is 0 Å². The van der Waals surface area contributed by atoms with Crippen molar-refractivity contribution in [1.82, 2.24) is 15.5 Å². The van der Waals surface area contributed by atoms with Crippen molar-refractivity contribution in [3.05, 3.63) is 131 Å². The molecule has 0 saturated heterocycles. The van der Waals surface area contributed by atoms with Crippen molar-refractivity contribution in [2.24, 2.45) is 5.73 Å². The molecule has 0 heterocycles. The lowest BCUT2D eigenvalue weighted by molar-refractivity contribution is -0.144. The summed E-state index contributed by atoms with van der Waals surface area (Å²) in [5, 5.41) is 4.97. The first kappa shape index (κ1) is 45.7. The molecular weight excluding hydrogens is 736 g/mol. The molecule has 12 nitrogen and oxygen atoms in total. The van der Waals surface area contributed by atoms with Gasteiger partial charge in [-0.2, -0.15) is 0 Å². The maximum Gasteiger partial charge on any atom is 0.407 e. The molecule has 0 atom stereocenters. The maximum atomic E-state index is 11.8. The summed E-state index contributed by atoms with van der Waals surface area (Å²) in [5.74, 6) is -0.0973. The van der Waals surface area contributed by atoms with E-state index in [0.717, 1.165) is 37.1 Å². The second kappa shape index (κ2) is 26.2. The highest BCUT2D eigenvalue weighted by atomic mass is 35.5. The number of amides is 2. The lowest BCUT2D eigenvalue weighted by Gasteiger charge is -2.26. The van der Waals surface area contributed by atoms with Gasteiger partial charge in [0.25, 0.3) is 0 Å². The normalized spacial score (nSPS) is 11.4. The molecule has 1 aliphatic rings. The Balaban J connectivity index is 0.000000230. The molecule has 0 saturated carbocycles. The number of alkyl carbamates (subject to hydrolysis) is 1. The van der Waals surface area contributed by atoms with Gasteiger partial charge < -0.3 is 45.0 Å². The largest absolute Gasteiger partial charge is 0.449 e. The molecule has 4 aromatic rings. The van der Waals surface area contributed by atoms with Gasteiger partial charge in [0.1, 0.15) is 6.61 Å². The lowest BCUT2D eigenvalue weighted by atomic mass is 9.98. The van der Waals surface area contributed by atoms with E-state index in [9.17, 15) is 14.4 Å². The van der Waals surface area contributed by atoms with Gasteiger partial charge in [0.05, 0.1) is 19.6 Å². The Labute approximate surface area is 335 Å². The summed E-state index contributed by atoms with van der Waals surface area (Å²) in [5.41, 5.74) is 12.6. The van der Waals surface area contributed by atoms with Crippen LogP contribution < -0.4 is 16.4 Å². The monoisotopic (exact) mass is 790 g/mol. The van der Waals surface area contributed by atoms with Crippen LogP contribution in [0.1, 0.15) is 28.2 Å². The molecule has 0 spiro atoms. The summed E-state index contributed by atoms with van der Waals surface area (Å²) in [7, 11) is 6.40. The van der Waals surface area contributed by atoms with E-state index >= 15 is 0 Å². The van der Waals surface area contributed by atoms with Gasteiger partial charge in [-0.3, -0.25) is 9.59 Å². The van der Waals surface area contributed by atoms with E-state index in [4.69, 9.17) is 41.0 Å². The van der Waals surface area contributed by atoms with Crippen LogP contribution in [-0.4, -0.2) is 109 Å². The van der Waals surface area contributed by atoms with E-state index in [1.165, 1.54) is 22.3 Å². The van der Waals surface area contributed by atoms with Crippen LogP contribution in [0.3, 0.4) is 0 Å². The van der Waals surface area contributed by atoms with Crippen LogP contribution in [0, 0.1) is 0 Å². The molecule has 1 aliphatic carbocycles. The van der Waals surface area contributed by atoms with Gasteiger partial charge in [0.15, 0.2) is 12.6 Å². The zero-order chi connectivity index (χ0) is 40.5. The summed E-state index contributed by atoms with van der Waals surface area (Å²) in [6.45, 7) is 2.62. The second-order valence-corrected chi connectivity index (χ2v) is 13.0. The highest BCUT2D eigenvalue weighted by molar-refractivity contribution is 6.64. The molecule has 302 valence electrons. The summed E-state index contributed by atoms with van der Waals surface area (Å²) in [6.07, 6.45) is 0.594. The van der Waals surface area contributed by atoms with Crippen molar-refractivity contribution < 1.29 is 38.1 Å². The molecule has 13 heteroatoms. The predicted molar refractivity (Wildman–Crippen MR) is 218 cm³/mol. The molecule has 5 rings (SSSR count). The fourth-order valence-electron chi connectivity index (χ4n) is 5.93. The van der Waals surface area contributed by atoms with Crippen molar-refractivity contribution in [3.8, 4) is 11.1 Å². The van der Waals surface area contributed by atoms with E-state index in [2.05, 4.69) is 47.0 Å². The smallest absolute Gasteiger partial charge is 0.407 e. The number of carbonyl (C=O) groups excluding carboxylic acids is 3. The number of nitrogens with two attached hydrogens (primary N) is 1. The van der Waals surface area contributed by atoms with Gasteiger partial charge in [-0.25, -0.2) is 4.79 Å². The number of rotatable bonds is 19. The number of halogens is 1. The summed E-state index contributed by atoms with van der Waals surface area (Å²) in [6, 6.07) is 36.6. The van der Waals surface area contributed by atoms with E-state index in [1.807, 2.05) is 72.8 Å². The zero-order valence-corrected chi connectivity index (χ0v) is 33.4. The minimum absolute atomic E-state index is 0.00449. The molecule has 0 fully saturated rings. The quantitative estimate of drug-likeness (QED) is 0.0644. The molecule has 2 amide bonds. The number of benzene rings is 4. The lowest BCUT2D eigenvalue weighted by Crippen LogP contribution is -2.43. The fourth-order valence-corrected chi connectivity index (χ4v) is 6.00. The molecule has 56 heavy (non-hydrogen) atoms. The number of ether oxygens (including phenoxy) is 5. The van der Waals surface area contributed by atoms with Crippen LogP contribution in [0.15, 0.2) is 109 Å². The Morgan fingerprint density at radius 1 is 0.714 bits per heavy atom. The first-order valence-electron chi connectivity index (χ1n) is 18.4. The SMILES string of the molecule is COC(CN(CCc1ccccc1)C(=O)CN)OC.COC(CNCCc1ccccc1)OC.O=C(Cl)CNC(=O)OCC1c2ccccc2-c2ccccc21. The summed E-state index contributed by atoms with van der Waals surface area (Å²) < 4.78 is 25.6. The Morgan fingerprint density at radius 2 is 1.21 bits per heavy atom. The van der Waals surface area contributed by atoms with Crippen LogP contribution >= 0.6 is 11.6 Å². The van der Waals surface area contributed by atoms with Crippen LogP contribution in [0.25, 0.3) is 11.1 Å². The molecule has 0 aliphatic heterocycles. The molecule has 0 bridgehead atoms. The number of nitrogens with zero attached hydrogens (tertiary/aromatic N) is 1. The van der Waals surface area contributed by atoms with Crippen LogP contribution in [0.4, 0.5) is 4.79 Å². The number of hydrogen-bond donors (Lipinski definition) is 3. The summed E-state index contributed by atoms with van der Waals surface area (Å²) in [4.78, 5) is 35.7. The Bertz CT molecular complexity index is 1680. The Kier molecular flexibility index (Phi) is 21.4. The Morgan fingerprint density at radius 3 is 1.71 bits per heavy atom. The van der Waals surface area contributed by atoms with Crippen molar-refractivity contribution >= 4 is 28.8 Å². The molecule has 0 unspecified atom stereocenters. The summed E-state index contributed by atoms with van der Waals surface area (Å²) >= 11 is 5.17. The zero-order valence-electron chi connectivity index (χ0n) is 32.7. The van der Waals surface area contributed by atoms with E-state index in [-0.39, 0.29) is 37.8 Å². The number of fused-ring (bicyclic) bond motifs is 3. The van der Waals surface area contributed by atoms with E-state index in [1.54, 1.807) is 33.3 Å². The van der Waals surface area contributed by atoms with E-state index < -0.39 is 17.6 Å². The minimum atomic E-state index is -0.643. The topological polar surface area (TPSA) is 151 Å². The third kappa shape index (κ3) is 15.8. The molecule has 4 N–H and O–H groups in total. The Hall–Kier alpha value is -4.66. The first-order chi connectivity index (χ1) is 27.2. The second-order valence-electron chi connectivity index (χ2n) is 12.6. The highest BCUT2D eigenvalue weighted by Crippen LogP contribution is 2.44. The molecule has 4 aromatic carbocycles. The van der Waals surface area contributed by atoms with Crippen molar-refractivity contribution in [1.29, 1.82) is 0 Å². The van der Waals surface area contributed by atoms with Crippen molar-refractivity contribution in [3.63, 3.8) is 0 Å². The fraction of sp³-hybridized carbons (Fsp3) is 0.372. The molecular formula is C43H55ClN4O8. The van der Waals surface area contributed by atoms with Gasteiger partial charge in [-0.15, -0.1) is 0 Å². The van der Waals surface area contributed by atoms with Gasteiger partial charge in [0, 0.05) is 47.4 Å². The van der Waals surface area contributed by atoms with E-state index in [0.29, 0.717) is 13.1 Å². The standard InChI is InChI=1S/C17H14ClNO3.C14H22N2O3.C12H19NO2/c18-16(20)9-19-17(21)22-10-15-13-7-3-1-5-11(13)12-6-2-4-8-14(12)15;1-18-14(19-2)11-16(13(17)10-15)9-8-12-6-4-3-5-7-12;1-14-12(15-2)10-13-9-8-11-6-4-3-5-7-11/h1-8,15H,9-10H2,(H,19,21);3-7,14H,8-11,15H2,1-2H3;3-7,12-13H,8-10H2,1-2H3. The predicted octanol–water partition coefficient (Wildman–Crippen LogP) is 5.36. The van der Waals surface area contributed by atoms with Crippen LogP contribution in [0.5, 0.6) is 0 Å². The first-order valence-corrected chi connectivity index (χ1v) is 18.8. The number of hydrogen-bond acceptors (Lipinski definition) is 10. The third-order valence-corrected chi connectivity index (χ3v) is 9.05. The molecule has 0 radical (unpaired) electrons. The van der Waals surface area contributed by atoms with Gasteiger partial charge in [-0.1, -0.05) is 109 Å².